The Kier molecular flexibility index (Phi) is 8.05. The largest absolute Gasteiger partial charge is 0.477 e. The van der Waals surface area contributed by atoms with Gasteiger partial charge in [-0.05, 0) is 73.4 Å². The molecule has 0 aliphatic heterocycles. The van der Waals surface area contributed by atoms with Gasteiger partial charge in [0.1, 0.15) is 11.5 Å². The first kappa shape index (κ1) is 27.2. The van der Waals surface area contributed by atoms with Gasteiger partial charge in [-0.1, -0.05) is 51.3 Å². The third-order valence-electron chi connectivity index (χ3n) is 7.41. The summed E-state index contributed by atoms with van der Waals surface area (Å²) in [6.07, 6.45) is 5.74. The van der Waals surface area contributed by atoms with Crippen LogP contribution in [0.3, 0.4) is 0 Å². The molecule has 1 heterocycles. The molecule has 1 saturated carbocycles. The van der Waals surface area contributed by atoms with E-state index in [2.05, 4.69) is 29.4 Å². The summed E-state index contributed by atoms with van der Waals surface area (Å²) in [5.41, 5.74) is 3.48. The minimum absolute atomic E-state index is 0.141. The molecular weight excluding hydrogens is 507 g/mol. The fourth-order valence-corrected chi connectivity index (χ4v) is 5.65. The predicted octanol–water partition coefficient (Wildman–Crippen LogP) is 7.91. The second-order valence-corrected chi connectivity index (χ2v) is 10.9. The average Bonchev–Trinajstić information content (AvgIpc) is 3.34. The zero-order valence-corrected chi connectivity index (χ0v) is 22.9. The standard InChI is InChI=1S/C32H35FN4O3/c1-21(2)20-36(25-9-4-3-5-10-25)29-17-16-26(37-28-11-7-6-8-22(28)18-30(37)31(38)39)19-27(29)35-32(40)34-24-14-12-23(33)13-15-24/h6-8,11-19,21,25H,3-5,9-10,20H2,1-2H3,(H,38,39)(H2,34,35,40). The van der Waals surface area contributed by atoms with E-state index in [1.807, 2.05) is 42.5 Å². The summed E-state index contributed by atoms with van der Waals surface area (Å²) < 4.78 is 15.1. The fourth-order valence-electron chi connectivity index (χ4n) is 5.65. The lowest BCUT2D eigenvalue weighted by molar-refractivity contribution is 0.0688. The maximum atomic E-state index is 13.4. The van der Waals surface area contributed by atoms with Crippen LogP contribution in [0, 0.1) is 11.7 Å². The van der Waals surface area contributed by atoms with Crippen LogP contribution in [0.15, 0.2) is 72.8 Å². The molecule has 7 nitrogen and oxygen atoms in total. The van der Waals surface area contributed by atoms with Gasteiger partial charge in [-0.15, -0.1) is 0 Å². The number of carbonyl (C=O) groups excluding carboxylic acids is 1. The number of urea groups is 1. The van der Waals surface area contributed by atoms with Crippen molar-refractivity contribution in [2.75, 3.05) is 22.1 Å². The van der Waals surface area contributed by atoms with Crippen LogP contribution in [0.2, 0.25) is 0 Å². The number of rotatable bonds is 8. The number of carbonyl (C=O) groups is 2. The number of amides is 2. The number of aromatic nitrogens is 1. The van der Waals surface area contributed by atoms with Crippen molar-refractivity contribution < 1.29 is 19.1 Å². The van der Waals surface area contributed by atoms with Gasteiger partial charge in [0.05, 0.1) is 16.9 Å². The van der Waals surface area contributed by atoms with Crippen molar-refractivity contribution in [3.05, 3.63) is 84.3 Å². The lowest BCUT2D eigenvalue weighted by atomic mass is 9.93. The highest BCUT2D eigenvalue weighted by molar-refractivity contribution is 6.02. The van der Waals surface area contributed by atoms with E-state index < -0.39 is 12.0 Å². The molecule has 8 heteroatoms. The third kappa shape index (κ3) is 5.96. The molecule has 1 aromatic heterocycles. The third-order valence-corrected chi connectivity index (χ3v) is 7.41. The Morgan fingerprint density at radius 3 is 2.40 bits per heavy atom. The van der Waals surface area contributed by atoms with Crippen LogP contribution in [0.4, 0.5) is 26.2 Å². The summed E-state index contributed by atoms with van der Waals surface area (Å²) >= 11 is 0. The van der Waals surface area contributed by atoms with E-state index in [9.17, 15) is 19.1 Å². The number of aromatic carboxylic acids is 1. The van der Waals surface area contributed by atoms with Crippen molar-refractivity contribution in [1.29, 1.82) is 0 Å². The van der Waals surface area contributed by atoms with Gasteiger partial charge < -0.3 is 25.2 Å². The van der Waals surface area contributed by atoms with Crippen molar-refractivity contribution in [3.63, 3.8) is 0 Å². The fraction of sp³-hybridized carbons (Fsp3) is 0.312. The van der Waals surface area contributed by atoms with Crippen molar-refractivity contribution in [1.82, 2.24) is 4.57 Å². The minimum atomic E-state index is -1.03. The first-order chi connectivity index (χ1) is 19.3. The molecule has 4 aromatic rings. The topological polar surface area (TPSA) is 86.6 Å². The quantitative estimate of drug-likeness (QED) is 0.211. The van der Waals surface area contributed by atoms with E-state index in [0.29, 0.717) is 29.0 Å². The molecule has 5 rings (SSSR count). The Morgan fingerprint density at radius 1 is 0.975 bits per heavy atom. The maximum absolute atomic E-state index is 13.4. The second-order valence-electron chi connectivity index (χ2n) is 10.9. The first-order valence-corrected chi connectivity index (χ1v) is 13.9. The number of halogens is 1. The molecule has 3 aromatic carbocycles. The molecule has 0 radical (unpaired) electrons. The SMILES string of the molecule is CC(C)CN(c1ccc(-n2c(C(=O)O)cc3ccccc32)cc1NC(=O)Nc1ccc(F)cc1)C1CCCCC1. The number of anilines is 3. The van der Waals surface area contributed by atoms with Crippen LogP contribution in [-0.2, 0) is 0 Å². The molecule has 2 amide bonds. The Balaban J connectivity index is 1.59. The van der Waals surface area contributed by atoms with Crippen LogP contribution < -0.4 is 15.5 Å². The molecule has 40 heavy (non-hydrogen) atoms. The van der Waals surface area contributed by atoms with Crippen LogP contribution >= 0.6 is 0 Å². The van der Waals surface area contributed by atoms with Crippen LogP contribution in [0.25, 0.3) is 16.6 Å². The number of para-hydroxylation sites is 1. The van der Waals surface area contributed by atoms with Crippen molar-refractivity contribution >= 4 is 40.0 Å². The molecule has 0 spiro atoms. The van der Waals surface area contributed by atoms with Crippen molar-refractivity contribution in [2.24, 2.45) is 5.92 Å². The van der Waals surface area contributed by atoms with Crippen LogP contribution in [0.1, 0.15) is 56.4 Å². The Hall–Kier alpha value is -4.33. The number of carboxylic acid groups (broad SMARTS) is 1. The van der Waals surface area contributed by atoms with Gasteiger partial charge in [0.25, 0.3) is 0 Å². The van der Waals surface area contributed by atoms with Gasteiger partial charge >= 0.3 is 12.0 Å². The number of hydrogen-bond acceptors (Lipinski definition) is 3. The zero-order valence-electron chi connectivity index (χ0n) is 22.9. The Bertz CT molecular complexity index is 1510. The summed E-state index contributed by atoms with van der Waals surface area (Å²) in [5.74, 6) is -1.02. The first-order valence-electron chi connectivity index (χ1n) is 13.9. The maximum Gasteiger partial charge on any atom is 0.352 e. The zero-order chi connectivity index (χ0) is 28.2. The molecule has 0 atom stereocenters. The van der Waals surface area contributed by atoms with E-state index in [1.165, 1.54) is 43.5 Å². The molecule has 3 N–H and O–H groups in total. The number of nitrogens with zero attached hydrogens (tertiary/aromatic N) is 2. The summed E-state index contributed by atoms with van der Waals surface area (Å²) in [5, 5.41) is 16.6. The number of fused-ring (bicyclic) bond motifs is 1. The van der Waals surface area contributed by atoms with Gasteiger partial charge in [-0.3, -0.25) is 0 Å². The van der Waals surface area contributed by atoms with Gasteiger partial charge in [0.2, 0.25) is 0 Å². The van der Waals surface area contributed by atoms with Crippen LogP contribution in [0.5, 0.6) is 0 Å². The van der Waals surface area contributed by atoms with Crippen molar-refractivity contribution in [3.8, 4) is 5.69 Å². The monoisotopic (exact) mass is 542 g/mol. The number of benzene rings is 3. The summed E-state index contributed by atoms with van der Waals surface area (Å²) in [7, 11) is 0. The lowest BCUT2D eigenvalue weighted by Crippen LogP contribution is -2.40. The van der Waals surface area contributed by atoms with E-state index >= 15 is 0 Å². The van der Waals surface area contributed by atoms with Gasteiger partial charge in [0, 0.05) is 29.3 Å². The van der Waals surface area contributed by atoms with E-state index in [0.717, 1.165) is 36.0 Å². The Labute approximate surface area is 233 Å². The van der Waals surface area contributed by atoms with E-state index in [-0.39, 0.29) is 11.5 Å². The van der Waals surface area contributed by atoms with E-state index in [1.54, 1.807) is 10.6 Å². The summed E-state index contributed by atoms with van der Waals surface area (Å²) in [6, 6.07) is 20.4. The highest BCUT2D eigenvalue weighted by Gasteiger charge is 2.26. The van der Waals surface area contributed by atoms with Gasteiger partial charge in [-0.2, -0.15) is 0 Å². The summed E-state index contributed by atoms with van der Waals surface area (Å²) in [6.45, 7) is 5.19. The number of hydrogen-bond donors (Lipinski definition) is 3. The highest BCUT2D eigenvalue weighted by atomic mass is 19.1. The normalized spacial score (nSPS) is 13.9. The van der Waals surface area contributed by atoms with Crippen molar-refractivity contribution in [2.45, 2.75) is 52.0 Å². The number of nitrogens with one attached hydrogen (secondary N) is 2. The molecule has 1 fully saturated rings. The molecule has 0 unspecified atom stereocenters. The van der Waals surface area contributed by atoms with Crippen LogP contribution in [-0.4, -0.2) is 34.3 Å². The number of carboxylic acids is 1. The lowest BCUT2D eigenvalue weighted by Gasteiger charge is -2.38. The second kappa shape index (κ2) is 11.8. The predicted molar refractivity (Wildman–Crippen MR) is 158 cm³/mol. The Morgan fingerprint density at radius 2 is 1.70 bits per heavy atom. The molecular formula is C32H35FN4O3. The molecule has 0 bridgehead atoms. The molecule has 1 aliphatic carbocycles. The van der Waals surface area contributed by atoms with Gasteiger partial charge in [-0.25, -0.2) is 14.0 Å². The molecule has 1 aliphatic rings. The minimum Gasteiger partial charge on any atom is -0.477 e. The van der Waals surface area contributed by atoms with E-state index in [4.69, 9.17) is 0 Å². The average molecular weight is 543 g/mol. The molecule has 0 saturated heterocycles. The smallest absolute Gasteiger partial charge is 0.352 e. The van der Waals surface area contributed by atoms with Gasteiger partial charge in [0.15, 0.2) is 0 Å². The highest BCUT2D eigenvalue weighted by Crippen LogP contribution is 2.36. The molecule has 208 valence electrons. The summed E-state index contributed by atoms with van der Waals surface area (Å²) in [4.78, 5) is 27.8.